The van der Waals surface area contributed by atoms with Gasteiger partial charge in [0.1, 0.15) is 10.9 Å². The largest absolute Gasteiger partial charge is 0.391 e. The second-order valence-corrected chi connectivity index (χ2v) is 10.9. The molecule has 6 rings (SSSR count). The molecule has 1 aromatic rings. The van der Waals surface area contributed by atoms with E-state index in [1.807, 2.05) is 18.2 Å². The lowest BCUT2D eigenvalue weighted by Crippen LogP contribution is -2.45. The summed E-state index contributed by atoms with van der Waals surface area (Å²) in [7, 11) is 0. The highest BCUT2D eigenvalue weighted by atomic mass is 32.2. The van der Waals surface area contributed by atoms with E-state index < -0.39 is 6.10 Å². The Kier molecular flexibility index (Phi) is 6.00. The first-order valence-electron chi connectivity index (χ1n) is 12.1. The Morgan fingerprint density at radius 1 is 1.29 bits per heavy atom. The molecular formula is C25H28FN5O3S. The smallest absolute Gasteiger partial charge is 0.246 e. The lowest BCUT2D eigenvalue weighted by Gasteiger charge is -2.38. The zero-order valence-corrected chi connectivity index (χ0v) is 20.1. The number of allylic oxidation sites excluding steroid dienone is 2. The van der Waals surface area contributed by atoms with Crippen molar-refractivity contribution in [2.75, 3.05) is 44.6 Å². The molecule has 1 aliphatic carbocycles. The number of β-amino-alcohol motifs (C(OH)–C–C–N with tert-alkyl or cyclic N) is 1. The van der Waals surface area contributed by atoms with Crippen LogP contribution in [0, 0.1) is 11.8 Å². The van der Waals surface area contributed by atoms with Crippen LogP contribution in [0.5, 0.6) is 0 Å². The molecule has 10 heteroatoms. The van der Waals surface area contributed by atoms with Gasteiger partial charge >= 0.3 is 0 Å². The molecule has 35 heavy (non-hydrogen) atoms. The molecule has 2 saturated heterocycles. The van der Waals surface area contributed by atoms with Crippen LogP contribution >= 0.6 is 11.8 Å². The molecule has 0 aromatic carbocycles. The molecular weight excluding hydrogens is 469 g/mol. The van der Waals surface area contributed by atoms with E-state index >= 15 is 0 Å². The minimum Gasteiger partial charge on any atom is -0.391 e. The number of hydrogen-bond donors (Lipinski definition) is 3. The number of aromatic nitrogens is 1. The summed E-state index contributed by atoms with van der Waals surface area (Å²) in [5.74, 6) is -0.171. The van der Waals surface area contributed by atoms with Crippen molar-refractivity contribution < 1.29 is 19.1 Å². The molecule has 5 aliphatic rings. The third-order valence-electron chi connectivity index (χ3n) is 7.58. The fraction of sp³-hybridized carbons (Fsp3) is 0.480. The Hall–Kier alpha value is -2.53. The van der Waals surface area contributed by atoms with Gasteiger partial charge < -0.3 is 20.6 Å². The van der Waals surface area contributed by atoms with Crippen LogP contribution in [0.25, 0.3) is 0 Å². The van der Waals surface area contributed by atoms with Crippen LogP contribution in [0.15, 0.2) is 52.4 Å². The molecule has 0 bridgehead atoms. The predicted molar refractivity (Wildman–Crippen MR) is 130 cm³/mol. The normalized spacial score (nSPS) is 29.9. The number of thioether (sulfide) groups is 1. The number of pyridine rings is 1. The fourth-order valence-electron chi connectivity index (χ4n) is 5.87. The Morgan fingerprint density at radius 2 is 2.17 bits per heavy atom. The van der Waals surface area contributed by atoms with Gasteiger partial charge in [0.2, 0.25) is 11.0 Å². The van der Waals surface area contributed by atoms with Crippen LogP contribution in [0.1, 0.15) is 12.1 Å². The van der Waals surface area contributed by atoms with E-state index in [2.05, 4.69) is 20.5 Å². The van der Waals surface area contributed by atoms with Crippen molar-refractivity contribution in [2.45, 2.75) is 30.1 Å². The number of aliphatic hydroxyl groups excluding tert-OH is 1. The first kappa shape index (κ1) is 22.9. The van der Waals surface area contributed by atoms with Gasteiger partial charge in [0, 0.05) is 51.1 Å². The van der Waals surface area contributed by atoms with Gasteiger partial charge in [-0.25, -0.2) is 9.37 Å². The zero-order chi connectivity index (χ0) is 24.1. The number of anilines is 1. The topological polar surface area (TPSA) is 97.8 Å². The van der Waals surface area contributed by atoms with Crippen LogP contribution in [0.4, 0.5) is 10.1 Å². The van der Waals surface area contributed by atoms with E-state index in [0.717, 1.165) is 22.5 Å². The average molecular weight is 498 g/mol. The molecule has 4 aliphatic heterocycles. The second kappa shape index (κ2) is 9.16. The molecule has 5 heterocycles. The van der Waals surface area contributed by atoms with Crippen molar-refractivity contribution in [1.29, 1.82) is 0 Å². The molecule has 0 saturated carbocycles. The van der Waals surface area contributed by atoms with E-state index in [1.165, 1.54) is 11.8 Å². The monoisotopic (exact) mass is 497 g/mol. The maximum Gasteiger partial charge on any atom is 0.246 e. The van der Waals surface area contributed by atoms with Gasteiger partial charge in [0.05, 0.1) is 30.1 Å². The van der Waals surface area contributed by atoms with Gasteiger partial charge in [-0.2, -0.15) is 0 Å². The van der Waals surface area contributed by atoms with Crippen molar-refractivity contribution in [1.82, 2.24) is 20.1 Å². The number of rotatable bonds is 6. The van der Waals surface area contributed by atoms with E-state index in [-0.39, 0.29) is 34.7 Å². The van der Waals surface area contributed by atoms with Crippen LogP contribution in [0.2, 0.25) is 0 Å². The van der Waals surface area contributed by atoms with Gasteiger partial charge in [-0.15, -0.1) is 0 Å². The maximum atomic E-state index is 14.8. The third-order valence-corrected chi connectivity index (χ3v) is 8.46. The Morgan fingerprint density at radius 3 is 3.06 bits per heavy atom. The van der Waals surface area contributed by atoms with E-state index in [0.29, 0.717) is 57.3 Å². The molecule has 2 fully saturated rings. The highest BCUT2D eigenvalue weighted by molar-refractivity contribution is 8.13. The first-order chi connectivity index (χ1) is 17.0. The maximum absolute atomic E-state index is 14.8. The number of nitrogens with zero attached hydrogens (tertiary/aromatic N) is 3. The van der Waals surface area contributed by atoms with Crippen LogP contribution in [-0.4, -0.2) is 82.3 Å². The Labute approximate surface area is 207 Å². The molecule has 0 radical (unpaired) electrons. The number of carbonyl (C=O) groups excluding carboxylic acids is 2. The number of carbonyl (C=O) groups is 2. The molecule has 8 nitrogen and oxygen atoms in total. The highest BCUT2D eigenvalue weighted by Crippen LogP contribution is 2.43. The summed E-state index contributed by atoms with van der Waals surface area (Å²) in [4.78, 5) is 32.4. The van der Waals surface area contributed by atoms with Gasteiger partial charge in [0.15, 0.2) is 0 Å². The molecule has 1 aromatic heterocycles. The van der Waals surface area contributed by atoms with Crippen molar-refractivity contribution >= 4 is 28.5 Å². The third kappa shape index (κ3) is 4.33. The van der Waals surface area contributed by atoms with E-state index in [1.54, 1.807) is 17.1 Å². The van der Waals surface area contributed by atoms with Gasteiger partial charge in [0.25, 0.3) is 0 Å². The SMILES string of the molecule is O=C1CNc2ccc(CNC[C@H]3CN(CC4=CC(F)=C5CCN6C(=O)C=CC4C56)C[C@H]3O)nc2S1. The molecule has 1 amide bonds. The minimum atomic E-state index is -0.469. The number of likely N-dealkylation sites (tertiary alicyclic amines) is 1. The van der Waals surface area contributed by atoms with Crippen LogP contribution in [-0.2, 0) is 16.1 Å². The lowest BCUT2D eigenvalue weighted by molar-refractivity contribution is -0.127. The second-order valence-electron chi connectivity index (χ2n) is 9.84. The summed E-state index contributed by atoms with van der Waals surface area (Å²) >= 11 is 1.17. The standard InChI is InChI=1S/C25H28FN5O3S/c26-19-7-14(17-2-4-22(33)31-6-5-18(19)24(17)31)11-30-12-15(21(32)13-30)8-27-9-16-1-3-20-25(29-16)35-23(34)10-28-20/h1-4,7,15,17,21,24,27-28,32H,5-6,8-13H2/t15-,17?,21+,24?/m0/s1. The number of hydrogen-bond acceptors (Lipinski definition) is 8. The fourth-order valence-corrected chi connectivity index (χ4v) is 6.64. The van der Waals surface area contributed by atoms with Crippen molar-refractivity contribution in [3.8, 4) is 0 Å². The zero-order valence-electron chi connectivity index (χ0n) is 19.2. The van der Waals surface area contributed by atoms with Gasteiger partial charge in [-0.1, -0.05) is 6.08 Å². The quantitative estimate of drug-likeness (QED) is 0.544. The van der Waals surface area contributed by atoms with Crippen molar-refractivity contribution in [3.63, 3.8) is 0 Å². The van der Waals surface area contributed by atoms with Crippen LogP contribution in [0.3, 0.4) is 0 Å². The van der Waals surface area contributed by atoms with Gasteiger partial charge in [-0.3, -0.25) is 14.5 Å². The summed E-state index contributed by atoms with van der Waals surface area (Å²) in [5.41, 5.74) is 3.44. The van der Waals surface area contributed by atoms with Gasteiger partial charge in [-0.05, 0) is 53.6 Å². The predicted octanol–water partition coefficient (Wildman–Crippen LogP) is 1.46. The average Bonchev–Trinajstić information content (AvgIpc) is 3.43. The van der Waals surface area contributed by atoms with Crippen LogP contribution < -0.4 is 10.6 Å². The summed E-state index contributed by atoms with van der Waals surface area (Å²) in [6, 6.07) is 3.69. The molecule has 3 N–H and O–H groups in total. The first-order valence-corrected chi connectivity index (χ1v) is 12.9. The highest BCUT2D eigenvalue weighted by Gasteiger charge is 2.45. The number of halogens is 1. The minimum absolute atomic E-state index is 0.00772. The Balaban J connectivity index is 1.06. The number of nitrogens with one attached hydrogen (secondary N) is 2. The molecule has 4 atom stereocenters. The van der Waals surface area contributed by atoms with Crippen molar-refractivity contribution in [3.05, 3.63) is 53.0 Å². The Bertz CT molecular complexity index is 1170. The van der Waals surface area contributed by atoms with E-state index in [9.17, 15) is 19.1 Å². The molecule has 2 unspecified atom stereocenters. The van der Waals surface area contributed by atoms with Crippen molar-refractivity contribution in [2.24, 2.45) is 11.8 Å². The number of fused-ring (bicyclic) bond motifs is 1. The number of aliphatic hydroxyl groups is 1. The summed E-state index contributed by atoms with van der Waals surface area (Å²) in [6.07, 6.45) is 5.32. The summed E-state index contributed by atoms with van der Waals surface area (Å²) < 4.78 is 14.8. The molecule has 184 valence electrons. The summed E-state index contributed by atoms with van der Waals surface area (Å²) in [6.45, 7) is 3.90. The summed E-state index contributed by atoms with van der Waals surface area (Å²) in [5, 5.41) is 17.9. The molecule has 0 spiro atoms. The van der Waals surface area contributed by atoms with E-state index in [4.69, 9.17) is 0 Å². The number of amides is 1. The lowest BCUT2D eigenvalue weighted by atomic mass is 9.80.